The lowest BCUT2D eigenvalue weighted by Crippen LogP contribution is -2.67. The van der Waals surface area contributed by atoms with E-state index in [0.717, 1.165) is 34.1 Å². The van der Waals surface area contributed by atoms with Crippen molar-refractivity contribution in [2.24, 2.45) is 0 Å². The molecule has 0 aliphatic carbocycles. The van der Waals surface area contributed by atoms with Gasteiger partial charge in [0.05, 0.1) is 24.4 Å². The van der Waals surface area contributed by atoms with Crippen molar-refractivity contribution >= 4 is 52.8 Å². The fourth-order valence-corrected chi connectivity index (χ4v) is 16.8. The van der Waals surface area contributed by atoms with Gasteiger partial charge in [-0.05, 0) is 135 Å². The Morgan fingerprint density at radius 3 is 1.85 bits per heavy atom. The van der Waals surface area contributed by atoms with E-state index >= 15 is 0 Å². The highest BCUT2D eigenvalue weighted by Gasteiger charge is 2.51. The lowest BCUT2D eigenvalue weighted by atomic mass is 9.90. The molecule has 5 rings (SSSR count). The van der Waals surface area contributed by atoms with Crippen LogP contribution in [0.3, 0.4) is 0 Å². The first-order chi connectivity index (χ1) is 31.2. The summed E-state index contributed by atoms with van der Waals surface area (Å²) in [7, 11) is -6.48. The summed E-state index contributed by atoms with van der Waals surface area (Å²) < 4.78 is 34.8. The Balaban J connectivity index is 1.50. The van der Waals surface area contributed by atoms with Crippen molar-refractivity contribution in [2.75, 3.05) is 6.61 Å². The molecule has 4 aromatic carbocycles. The van der Waals surface area contributed by atoms with Gasteiger partial charge in [0.25, 0.3) is 8.32 Å². The molecule has 0 bridgehead atoms. The van der Waals surface area contributed by atoms with E-state index < -0.39 is 30.5 Å². The van der Waals surface area contributed by atoms with Crippen LogP contribution in [0.5, 0.6) is 0 Å². The van der Waals surface area contributed by atoms with Gasteiger partial charge in [0, 0.05) is 24.3 Å². The van der Waals surface area contributed by atoms with Crippen molar-refractivity contribution in [3.05, 3.63) is 137 Å². The highest BCUT2D eigenvalue weighted by Crippen LogP contribution is 2.46. The molecule has 6 nitrogen and oxygen atoms in total. The summed E-state index contributed by atoms with van der Waals surface area (Å²) in [5.41, 5.74) is 5.01. The van der Waals surface area contributed by atoms with Crippen LogP contribution in [0.15, 0.2) is 114 Å². The fourth-order valence-electron chi connectivity index (χ4n) is 8.96. The van der Waals surface area contributed by atoms with E-state index in [1.54, 1.807) is 11.8 Å². The second kappa shape index (κ2) is 22.3. The Morgan fingerprint density at radius 1 is 0.776 bits per heavy atom. The van der Waals surface area contributed by atoms with Crippen LogP contribution in [0.25, 0.3) is 0 Å². The Bertz CT molecular complexity index is 2200. The molecule has 0 N–H and O–H groups in total. The minimum Gasteiger partial charge on any atom is -0.462 e. The Hall–Kier alpha value is -3.07. The third-order valence-electron chi connectivity index (χ3n) is 13.9. The second-order valence-corrected chi connectivity index (χ2v) is 39.0. The molecule has 0 spiro atoms. The van der Waals surface area contributed by atoms with E-state index in [4.69, 9.17) is 23.1 Å². The molecule has 1 aliphatic heterocycles. The molecule has 5 atom stereocenters. The van der Waals surface area contributed by atoms with E-state index in [2.05, 4.69) is 211 Å². The molecule has 0 amide bonds. The average molecular weight is 982 g/mol. The first kappa shape index (κ1) is 54.9. The van der Waals surface area contributed by atoms with E-state index in [-0.39, 0.29) is 45.7 Å². The predicted octanol–water partition coefficient (Wildman–Crippen LogP) is 14.5. The summed E-state index contributed by atoms with van der Waals surface area (Å²) >= 11 is 1.80. The lowest BCUT2D eigenvalue weighted by molar-refractivity contribution is -0.152. The van der Waals surface area contributed by atoms with Crippen LogP contribution in [0.4, 0.5) is 0 Å². The van der Waals surface area contributed by atoms with Gasteiger partial charge >= 0.3 is 5.97 Å². The summed E-state index contributed by atoms with van der Waals surface area (Å²) in [5, 5.41) is 2.34. The molecule has 10 heteroatoms. The number of ether oxygens (including phenoxy) is 3. The SMILES string of the molecule is Cc1cc(C(CC[C@@H]2OC(C)(C)O[C@@H]2C(/C=C\C[C@H](C)O[Si](c2ccccc2)(c2ccccc2)C(C)(C)C)O[Si](C)(C)C(C)(C)C)Sc2ccccc2)c(C(=O)OCC[Si](C)(C)C)c(C)c1C. The summed E-state index contributed by atoms with van der Waals surface area (Å²) in [5.74, 6) is -1.05. The van der Waals surface area contributed by atoms with Gasteiger partial charge in [0.1, 0.15) is 6.10 Å². The largest absolute Gasteiger partial charge is 0.462 e. The van der Waals surface area contributed by atoms with Crippen LogP contribution < -0.4 is 10.4 Å². The maximum atomic E-state index is 14.2. The van der Waals surface area contributed by atoms with Crippen LogP contribution in [-0.4, -0.2) is 67.5 Å². The molecule has 1 fully saturated rings. The Kier molecular flexibility index (Phi) is 18.3. The van der Waals surface area contributed by atoms with Crippen LogP contribution in [0, 0.1) is 20.8 Å². The monoisotopic (exact) mass is 981 g/mol. The topological polar surface area (TPSA) is 63.2 Å². The van der Waals surface area contributed by atoms with Gasteiger partial charge < -0.3 is 23.1 Å². The number of esters is 1. The molecule has 1 heterocycles. The zero-order valence-electron chi connectivity index (χ0n) is 44.2. The second-order valence-electron chi connectivity index (χ2n) is 23.1. The van der Waals surface area contributed by atoms with E-state index in [9.17, 15) is 4.79 Å². The lowest BCUT2D eigenvalue weighted by Gasteiger charge is -2.44. The predicted molar refractivity (Wildman–Crippen MR) is 291 cm³/mol. The molecule has 67 heavy (non-hydrogen) atoms. The standard InChI is InChI=1S/C57H84O6SSi3/c1-41-40-48(52(44(4)43(41)3)54(58)59-38-39-65(13,14)15)51(64-45-29-21-18-22-30-45)37-36-49-53(61-57(11,12)60-49)50(63-66(16,17)55(5,6)7)35-27-28-42(2)62-67(56(8,9)10,46-31-23-19-24-32-46)47-33-25-20-26-34-47/h18-27,29-35,40,42,49-51,53H,28,36-39H2,1-17H3/b35-27-/t42-,49-,50?,51?,53-/m0/s1. The minimum absolute atomic E-state index is 0.0259. The maximum absolute atomic E-state index is 14.2. The van der Waals surface area contributed by atoms with Gasteiger partial charge in [-0.3, -0.25) is 0 Å². The molecule has 366 valence electrons. The van der Waals surface area contributed by atoms with Crippen LogP contribution in [0.2, 0.25) is 48.9 Å². The minimum atomic E-state index is -2.75. The van der Waals surface area contributed by atoms with Crippen molar-refractivity contribution in [3.8, 4) is 0 Å². The number of thioether (sulfide) groups is 1. The first-order valence-corrected chi connectivity index (χ1v) is 34.0. The maximum Gasteiger partial charge on any atom is 0.338 e. The summed E-state index contributed by atoms with van der Waals surface area (Å²) in [4.78, 5) is 15.4. The van der Waals surface area contributed by atoms with Crippen molar-refractivity contribution in [3.63, 3.8) is 0 Å². The highest BCUT2D eigenvalue weighted by atomic mass is 32.2. The molecule has 1 saturated heterocycles. The van der Waals surface area contributed by atoms with Gasteiger partial charge in [-0.2, -0.15) is 0 Å². The van der Waals surface area contributed by atoms with Gasteiger partial charge in [0.15, 0.2) is 14.1 Å². The fraction of sp³-hybridized carbons (Fsp3) is 0.526. The zero-order valence-corrected chi connectivity index (χ0v) is 48.0. The van der Waals surface area contributed by atoms with Crippen molar-refractivity contribution in [1.29, 1.82) is 0 Å². The number of benzene rings is 4. The number of carbonyl (C=O) groups excluding carboxylic acids is 1. The molecular formula is C57H84O6SSi3. The molecule has 0 saturated carbocycles. The van der Waals surface area contributed by atoms with E-state index in [1.807, 2.05) is 13.8 Å². The van der Waals surface area contributed by atoms with Crippen molar-refractivity contribution in [1.82, 2.24) is 0 Å². The van der Waals surface area contributed by atoms with Gasteiger partial charge in [0.2, 0.25) is 0 Å². The summed E-state index contributed by atoms with van der Waals surface area (Å²) in [6.45, 7) is 38.5. The summed E-state index contributed by atoms with van der Waals surface area (Å²) in [6, 6.07) is 35.4. The Morgan fingerprint density at radius 2 is 1.33 bits per heavy atom. The first-order valence-electron chi connectivity index (χ1n) is 24.6. The van der Waals surface area contributed by atoms with Crippen LogP contribution >= 0.6 is 11.8 Å². The van der Waals surface area contributed by atoms with Crippen molar-refractivity contribution in [2.45, 2.75) is 192 Å². The van der Waals surface area contributed by atoms with Crippen LogP contribution in [-0.2, 0) is 23.1 Å². The van der Waals surface area contributed by atoms with Crippen molar-refractivity contribution < 1.29 is 27.9 Å². The van der Waals surface area contributed by atoms with E-state index in [0.29, 0.717) is 25.0 Å². The van der Waals surface area contributed by atoms with Gasteiger partial charge in [-0.15, -0.1) is 11.8 Å². The number of hydrogen-bond acceptors (Lipinski definition) is 7. The molecule has 0 radical (unpaired) electrons. The molecule has 1 aliphatic rings. The normalized spacial score (nSPS) is 18.5. The average Bonchev–Trinajstić information content (AvgIpc) is 3.56. The number of carbonyl (C=O) groups is 1. The molecule has 0 aromatic heterocycles. The number of rotatable bonds is 20. The highest BCUT2D eigenvalue weighted by molar-refractivity contribution is 7.99. The molecule has 2 unspecified atom stereocenters. The van der Waals surface area contributed by atoms with Gasteiger partial charge in [-0.25, -0.2) is 4.79 Å². The van der Waals surface area contributed by atoms with Crippen LogP contribution in [0.1, 0.15) is 119 Å². The third-order valence-corrected chi connectivity index (χ3v) is 26.6. The zero-order chi connectivity index (χ0) is 49.6. The number of aryl methyl sites for hydroxylation is 1. The Labute approximate surface area is 413 Å². The van der Waals surface area contributed by atoms with E-state index in [1.165, 1.54) is 15.9 Å². The smallest absolute Gasteiger partial charge is 0.338 e. The quantitative estimate of drug-likeness (QED) is 0.0378. The molecule has 4 aromatic rings. The molecular weight excluding hydrogens is 897 g/mol. The summed E-state index contributed by atoms with van der Waals surface area (Å²) in [6.07, 6.45) is 5.62. The van der Waals surface area contributed by atoms with Gasteiger partial charge in [-0.1, -0.05) is 158 Å². The third kappa shape index (κ3) is 14.1. The number of hydrogen-bond donors (Lipinski definition) is 0.